The van der Waals surface area contributed by atoms with Crippen LogP contribution in [0.25, 0.3) is 32.7 Å². The highest BCUT2D eigenvalue weighted by Crippen LogP contribution is 2.48. The van der Waals surface area contributed by atoms with E-state index in [2.05, 4.69) is 85.9 Å². The molecule has 1 heterocycles. The van der Waals surface area contributed by atoms with Crippen LogP contribution >= 0.6 is 0 Å². The lowest BCUT2D eigenvalue weighted by Gasteiger charge is -2.22. The van der Waals surface area contributed by atoms with Crippen LogP contribution in [0.1, 0.15) is 0 Å². The molecule has 5 rings (SSSR count). The SMILES string of the molecule is C[Si]1(C)Oc2ccc3ccccc3c2-c2c(ccc3ccccc23)O1. The first-order valence-corrected chi connectivity index (χ1v) is 11.4. The molecule has 0 radical (unpaired) electrons. The monoisotopic (exact) mass is 342 g/mol. The lowest BCUT2D eigenvalue weighted by molar-refractivity contribution is 0.408. The molecule has 0 unspecified atom stereocenters. The second-order valence-electron chi connectivity index (χ2n) is 6.92. The van der Waals surface area contributed by atoms with E-state index in [1.807, 2.05) is 0 Å². The zero-order valence-corrected chi connectivity index (χ0v) is 15.2. The van der Waals surface area contributed by atoms with Gasteiger partial charge < -0.3 is 8.85 Å². The van der Waals surface area contributed by atoms with Crippen molar-refractivity contribution in [2.45, 2.75) is 13.1 Å². The van der Waals surface area contributed by atoms with Gasteiger partial charge in [-0.1, -0.05) is 60.7 Å². The molecule has 1 aliphatic rings. The quantitative estimate of drug-likeness (QED) is 0.358. The van der Waals surface area contributed by atoms with Gasteiger partial charge in [0.1, 0.15) is 11.5 Å². The van der Waals surface area contributed by atoms with Crippen molar-refractivity contribution < 1.29 is 8.85 Å². The molecule has 3 heteroatoms. The first-order valence-electron chi connectivity index (χ1n) is 8.54. The summed E-state index contributed by atoms with van der Waals surface area (Å²) in [6, 6.07) is 25.4. The van der Waals surface area contributed by atoms with Crippen LogP contribution in [0, 0.1) is 0 Å². The molecule has 1 aliphatic heterocycles. The van der Waals surface area contributed by atoms with E-state index in [0.29, 0.717) is 0 Å². The van der Waals surface area contributed by atoms with Gasteiger partial charge in [-0.3, -0.25) is 0 Å². The fourth-order valence-corrected chi connectivity index (χ4v) is 5.18. The van der Waals surface area contributed by atoms with Gasteiger partial charge in [0, 0.05) is 24.2 Å². The molecule has 4 aromatic carbocycles. The summed E-state index contributed by atoms with van der Waals surface area (Å²) in [5, 5.41) is 4.83. The minimum absolute atomic E-state index is 0.922. The Morgan fingerprint density at radius 3 is 1.48 bits per heavy atom. The zero-order valence-electron chi connectivity index (χ0n) is 14.2. The number of benzene rings is 4. The summed E-state index contributed by atoms with van der Waals surface area (Å²) < 4.78 is 12.8. The van der Waals surface area contributed by atoms with Gasteiger partial charge in [-0.15, -0.1) is 0 Å². The summed E-state index contributed by atoms with van der Waals surface area (Å²) in [5.41, 5.74) is 2.28. The highest BCUT2D eigenvalue weighted by molar-refractivity contribution is 6.66. The summed E-state index contributed by atoms with van der Waals surface area (Å²) in [6.07, 6.45) is 0. The molecule has 4 aromatic rings. The molecule has 0 fully saturated rings. The molecule has 0 amide bonds. The molecule has 2 nitrogen and oxygen atoms in total. The summed E-state index contributed by atoms with van der Waals surface area (Å²) >= 11 is 0. The van der Waals surface area contributed by atoms with Gasteiger partial charge >= 0.3 is 8.56 Å². The fourth-order valence-electron chi connectivity index (χ4n) is 3.74. The highest BCUT2D eigenvalue weighted by atomic mass is 28.4. The van der Waals surface area contributed by atoms with Crippen LogP contribution in [0.3, 0.4) is 0 Å². The molecule has 0 aliphatic carbocycles. The predicted molar refractivity (Wildman–Crippen MR) is 106 cm³/mol. The third kappa shape index (κ3) is 2.23. The smallest absolute Gasteiger partial charge is 0.454 e. The minimum atomic E-state index is -2.32. The van der Waals surface area contributed by atoms with Crippen molar-refractivity contribution in [1.29, 1.82) is 0 Å². The van der Waals surface area contributed by atoms with Crippen molar-refractivity contribution in [2.24, 2.45) is 0 Å². The van der Waals surface area contributed by atoms with Gasteiger partial charge in [-0.05, 0) is 33.7 Å². The van der Waals surface area contributed by atoms with Crippen LogP contribution in [0.15, 0.2) is 72.8 Å². The fraction of sp³-hybridized carbons (Fsp3) is 0.0909. The van der Waals surface area contributed by atoms with Gasteiger partial charge in [-0.25, -0.2) is 0 Å². The normalized spacial score (nSPS) is 15.0. The molecule has 0 atom stereocenters. The minimum Gasteiger partial charge on any atom is -0.512 e. The Bertz CT molecular complexity index is 1040. The van der Waals surface area contributed by atoms with Gasteiger partial charge in [0.25, 0.3) is 0 Å². The van der Waals surface area contributed by atoms with Gasteiger partial charge in [0.2, 0.25) is 0 Å². The summed E-state index contributed by atoms with van der Waals surface area (Å²) in [7, 11) is -2.32. The van der Waals surface area contributed by atoms with E-state index >= 15 is 0 Å². The largest absolute Gasteiger partial charge is 0.512 e. The Balaban J connectivity index is 2.00. The molecule has 122 valence electrons. The topological polar surface area (TPSA) is 18.5 Å². The van der Waals surface area contributed by atoms with E-state index in [-0.39, 0.29) is 0 Å². The van der Waals surface area contributed by atoms with Crippen LogP contribution in [-0.4, -0.2) is 8.56 Å². The predicted octanol–water partition coefficient (Wildman–Crippen LogP) is 6.13. The molecule has 0 N–H and O–H groups in total. The van der Waals surface area contributed by atoms with Crippen molar-refractivity contribution in [2.75, 3.05) is 0 Å². The van der Waals surface area contributed by atoms with Crippen LogP contribution in [0.2, 0.25) is 13.1 Å². The van der Waals surface area contributed by atoms with Crippen LogP contribution in [-0.2, 0) is 0 Å². The van der Waals surface area contributed by atoms with E-state index in [1.165, 1.54) is 21.5 Å². The summed E-state index contributed by atoms with van der Waals surface area (Å²) in [4.78, 5) is 0. The second kappa shape index (κ2) is 5.10. The molecule has 0 bridgehead atoms. The van der Waals surface area contributed by atoms with Crippen molar-refractivity contribution in [3.8, 4) is 22.6 Å². The molecule has 0 saturated heterocycles. The first kappa shape index (κ1) is 14.6. The molecule has 25 heavy (non-hydrogen) atoms. The van der Waals surface area contributed by atoms with E-state index in [0.717, 1.165) is 22.6 Å². The lowest BCUT2D eigenvalue weighted by atomic mass is 9.92. The average molecular weight is 342 g/mol. The van der Waals surface area contributed by atoms with Crippen molar-refractivity contribution >= 4 is 30.1 Å². The van der Waals surface area contributed by atoms with E-state index in [9.17, 15) is 0 Å². The van der Waals surface area contributed by atoms with Gasteiger partial charge in [-0.2, -0.15) is 0 Å². The molecular formula is C22H18O2Si. The van der Waals surface area contributed by atoms with E-state index in [1.54, 1.807) is 0 Å². The van der Waals surface area contributed by atoms with E-state index in [4.69, 9.17) is 8.85 Å². The number of rotatable bonds is 0. The molecular weight excluding hydrogens is 324 g/mol. The third-order valence-corrected chi connectivity index (χ3v) is 6.17. The Labute approximate surface area is 147 Å². The third-order valence-electron chi connectivity index (χ3n) is 4.74. The van der Waals surface area contributed by atoms with Crippen molar-refractivity contribution in [3.63, 3.8) is 0 Å². The van der Waals surface area contributed by atoms with E-state index < -0.39 is 8.56 Å². The highest BCUT2D eigenvalue weighted by Gasteiger charge is 2.35. The second-order valence-corrected chi connectivity index (χ2v) is 10.1. The maximum Gasteiger partial charge on any atom is 0.454 e. The molecule has 0 aromatic heterocycles. The van der Waals surface area contributed by atoms with Crippen LogP contribution in [0.5, 0.6) is 11.5 Å². The molecule has 0 spiro atoms. The van der Waals surface area contributed by atoms with Crippen molar-refractivity contribution in [3.05, 3.63) is 72.8 Å². The Morgan fingerprint density at radius 2 is 1.00 bits per heavy atom. The van der Waals surface area contributed by atoms with Crippen molar-refractivity contribution in [1.82, 2.24) is 0 Å². The summed E-state index contributed by atoms with van der Waals surface area (Å²) in [6.45, 7) is 4.19. The average Bonchev–Trinajstić information content (AvgIpc) is 2.73. The van der Waals surface area contributed by atoms with Gasteiger partial charge in [0.15, 0.2) is 0 Å². The number of hydrogen-bond acceptors (Lipinski definition) is 2. The van der Waals surface area contributed by atoms with Crippen LogP contribution < -0.4 is 8.85 Å². The Morgan fingerprint density at radius 1 is 0.560 bits per heavy atom. The standard InChI is InChI=1S/C22H18O2Si/c1-25(2)23-19-13-11-15-7-3-5-9-17(15)21(19)22-18-10-6-4-8-16(18)12-14-20(22)24-25/h3-14H,1-2H3. The molecule has 0 saturated carbocycles. The lowest BCUT2D eigenvalue weighted by Crippen LogP contribution is -2.41. The Hall–Kier alpha value is -2.78. The maximum absolute atomic E-state index is 6.40. The van der Waals surface area contributed by atoms with Gasteiger partial charge in [0.05, 0.1) is 0 Å². The zero-order chi connectivity index (χ0) is 17.0. The number of fused-ring (bicyclic) bond motifs is 7. The summed E-state index contributed by atoms with van der Waals surface area (Å²) in [5.74, 6) is 1.84. The number of hydrogen-bond donors (Lipinski definition) is 0. The van der Waals surface area contributed by atoms with Crippen LogP contribution in [0.4, 0.5) is 0 Å². The Kier molecular flexibility index (Phi) is 2.97. The first-order chi connectivity index (χ1) is 12.1. The maximum atomic E-state index is 6.40.